The van der Waals surface area contributed by atoms with Gasteiger partial charge < -0.3 is 14.8 Å². The fourth-order valence-electron chi connectivity index (χ4n) is 3.06. The van der Waals surface area contributed by atoms with E-state index in [4.69, 9.17) is 0 Å². The zero-order valence-corrected chi connectivity index (χ0v) is 14.4. The molecule has 3 rings (SSSR count). The number of nitrogens with one attached hydrogen (secondary N) is 1. The zero-order chi connectivity index (χ0) is 14.8. The fourth-order valence-corrected chi connectivity index (χ4v) is 3.88. The second-order valence-electron chi connectivity index (χ2n) is 5.77. The largest absolute Gasteiger partial charge is 0.382 e. The first-order valence-electron chi connectivity index (χ1n) is 7.48. The molecule has 21 heavy (non-hydrogen) atoms. The van der Waals surface area contributed by atoms with Crippen LogP contribution in [-0.4, -0.2) is 42.3 Å². The first-order chi connectivity index (χ1) is 10.2. The Morgan fingerprint density at radius 1 is 1.33 bits per heavy atom. The first-order valence-corrected chi connectivity index (χ1v) is 8.55. The summed E-state index contributed by atoms with van der Waals surface area (Å²) >= 11 is 2.29. The Balaban J connectivity index is 1.87. The molecule has 1 aromatic heterocycles. The number of nitrogens with zero attached hydrogens (tertiary/aromatic N) is 2. The minimum Gasteiger partial charge on any atom is -0.382 e. The molecular weight excluding hydrogens is 380 g/mol. The van der Waals surface area contributed by atoms with Crippen molar-refractivity contribution in [3.05, 3.63) is 28.0 Å². The van der Waals surface area contributed by atoms with Crippen molar-refractivity contribution < 1.29 is 4.39 Å². The molecule has 1 N–H and O–H groups in total. The van der Waals surface area contributed by atoms with Crippen molar-refractivity contribution in [1.82, 2.24) is 9.47 Å². The van der Waals surface area contributed by atoms with Crippen LogP contribution in [0.4, 0.5) is 10.1 Å². The second-order valence-corrected chi connectivity index (χ2v) is 6.87. The number of hydrogen-bond acceptors (Lipinski definition) is 2. The van der Waals surface area contributed by atoms with Crippen molar-refractivity contribution >= 4 is 39.2 Å². The molecule has 2 aromatic rings. The van der Waals surface area contributed by atoms with Gasteiger partial charge in [0.2, 0.25) is 0 Å². The number of benzene rings is 1. The van der Waals surface area contributed by atoms with Crippen molar-refractivity contribution in [2.24, 2.45) is 0 Å². The van der Waals surface area contributed by atoms with Crippen molar-refractivity contribution in [3.8, 4) is 0 Å². The number of likely N-dealkylation sites (tertiary alicyclic amines) is 1. The molecule has 1 fully saturated rings. The van der Waals surface area contributed by atoms with Crippen molar-refractivity contribution in [2.75, 3.05) is 32.1 Å². The predicted octanol–water partition coefficient (Wildman–Crippen LogP) is 3.72. The quantitative estimate of drug-likeness (QED) is 0.789. The number of piperidine rings is 1. The smallest absolute Gasteiger partial charge is 0.107 e. The minimum absolute atomic E-state index is 0.327. The molecule has 0 radical (unpaired) electrons. The van der Waals surface area contributed by atoms with Gasteiger partial charge in [-0.2, -0.15) is 0 Å². The number of rotatable bonds is 4. The van der Waals surface area contributed by atoms with Crippen molar-refractivity contribution in [3.63, 3.8) is 0 Å². The van der Waals surface area contributed by atoms with E-state index in [1.54, 1.807) is 0 Å². The van der Waals surface area contributed by atoms with E-state index in [2.05, 4.69) is 68.7 Å². The summed E-state index contributed by atoms with van der Waals surface area (Å²) in [6, 6.07) is 8.96. The van der Waals surface area contributed by atoms with Crippen LogP contribution < -0.4 is 5.32 Å². The lowest BCUT2D eigenvalue weighted by Crippen LogP contribution is -2.36. The third-order valence-electron chi connectivity index (χ3n) is 4.28. The van der Waals surface area contributed by atoms with E-state index in [0.717, 1.165) is 22.3 Å². The maximum Gasteiger partial charge on any atom is 0.107 e. The van der Waals surface area contributed by atoms with Crippen LogP contribution in [0.25, 0.3) is 10.9 Å². The Kier molecular flexibility index (Phi) is 4.69. The Bertz CT molecular complexity index is 617. The molecule has 0 amide bonds. The van der Waals surface area contributed by atoms with Crippen LogP contribution in [0.2, 0.25) is 0 Å². The number of alkyl halides is 1. The van der Waals surface area contributed by atoms with Crippen LogP contribution in [0.5, 0.6) is 0 Å². The Labute approximate surface area is 138 Å². The number of aryl methyl sites for hydroxylation is 1. The third kappa shape index (κ3) is 3.18. The predicted molar refractivity (Wildman–Crippen MR) is 94.8 cm³/mol. The number of aromatic nitrogens is 1. The molecule has 0 spiro atoms. The average molecular weight is 401 g/mol. The van der Waals surface area contributed by atoms with Gasteiger partial charge in [-0.15, -0.1) is 0 Å². The Morgan fingerprint density at radius 3 is 2.81 bits per heavy atom. The molecule has 1 aromatic carbocycles. The van der Waals surface area contributed by atoms with Gasteiger partial charge in [-0.3, -0.25) is 0 Å². The lowest BCUT2D eigenvalue weighted by molar-refractivity contribution is 0.264. The summed E-state index contributed by atoms with van der Waals surface area (Å²) in [5.41, 5.74) is 2.30. The maximum atomic E-state index is 12.7. The van der Waals surface area contributed by atoms with E-state index in [-0.39, 0.29) is 6.67 Å². The third-order valence-corrected chi connectivity index (χ3v) is 5.18. The van der Waals surface area contributed by atoms with Crippen LogP contribution in [0.15, 0.2) is 24.3 Å². The summed E-state index contributed by atoms with van der Waals surface area (Å²) in [4.78, 5) is 2.37. The number of anilines is 1. The van der Waals surface area contributed by atoms with Gasteiger partial charge in [0, 0.05) is 17.1 Å². The SMILES string of the molecule is CN1CCC(Nc2cccc3c2cc(I)n3CCF)CC1. The summed E-state index contributed by atoms with van der Waals surface area (Å²) in [6.45, 7) is 2.40. The molecule has 0 atom stereocenters. The maximum absolute atomic E-state index is 12.7. The summed E-state index contributed by atoms with van der Waals surface area (Å²) in [5, 5.41) is 4.89. The van der Waals surface area contributed by atoms with Gasteiger partial charge in [0.05, 0.1) is 15.8 Å². The van der Waals surface area contributed by atoms with Gasteiger partial charge in [-0.1, -0.05) is 6.07 Å². The monoisotopic (exact) mass is 401 g/mol. The first kappa shape index (κ1) is 15.1. The molecule has 0 saturated carbocycles. The molecule has 3 nitrogen and oxygen atoms in total. The molecule has 1 aliphatic heterocycles. The summed E-state index contributed by atoms with van der Waals surface area (Å²) in [6.07, 6.45) is 2.35. The van der Waals surface area contributed by atoms with E-state index < -0.39 is 0 Å². The standard InChI is InChI=1S/C16H21FIN3/c1-20-8-5-12(6-9-20)19-14-3-2-4-15-13(14)11-16(18)21(15)10-7-17/h2-4,11-12,19H,5-10H2,1H3. The highest BCUT2D eigenvalue weighted by Gasteiger charge is 2.18. The zero-order valence-electron chi connectivity index (χ0n) is 12.3. The molecule has 0 unspecified atom stereocenters. The molecule has 0 bridgehead atoms. The van der Waals surface area contributed by atoms with Gasteiger partial charge in [0.25, 0.3) is 0 Å². The van der Waals surface area contributed by atoms with E-state index in [1.807, 2.05) is 0 Å². The van der Waals surface area contributed by atoms with E-state index in [1.165, 1.54) is 23.9 Å². The van der Waals surface area contributed by atoms with Gasteiger partial charge in [0.1, 0.15) is 6.67 Å². The highest BCUT2D eigenvalue weighted by atomic mass is 127. The van der Waals surface area contributed by atoms with Crippen LogP contribution >= 0.6 is 22.6 Å². The average Bonchev–Trinajstić information content (AvgIpc) is 2.80. The summed E-state index contributed by atoms with van der Waals surface area (Å²) in [5.74, 6) is 0. The highest BCUT2D eigenvalue weighted by molar-refractivity contribution is 14.1. The molecule has 1 saturated heterocycles. The fraction of sp³-hybridized carbons (Fsp3) is 0.500. The number of fused-ring (bicyclic) bond motifs is 1. The molecule has 5 heteroatoms. The van der Waals surface area contributed by atoms with E-state index >= 15 is 0 Å². The van der Waals surface area contributed by atoms with Gasteiger partial charge in [-0.05, 0) is 73.8 Å². The lowest BCUT2D eigenvalue weighted by Gasteiger charge is -2.30. The van der Waals surface area contributed by atoms with E-state index in [9.17, 15) is 4.39 Å². The molecule has 1 aliphatic rings. The Morgan fingerprint density at radius 2 is 2.10 bits per heavy atom. The van der Waals surface area contributed by atoms with Crippen molar-refractivity contribution in [1.29, 1.82) is 0 Å². The Hall–Kier alpha value is -0.820. The lowest BCUT2D eigenvalue weighted by atomic mass is 10.0. The van der Waals surface area contributed by atoms with Gasteiger partial charge in [0.15, 0.2) is 0 Å². The minimum atomic E-state index is -0.327. The molecular formula is C16H21FIN3. The number of hydrogen-bond donors (Lipinski definition) is 1. The topological polar surface area (TPSA) is 20.2 Å². The van der Waals surface area contributed by atoms with Gasteiger partial charge in [-0.25, -0.2) is 4.39 Å². The van der Waals surface area contributed by atoms with Gasteiger partial charge >= 0.3 is 0 Å². The molecule has 114 valence electrons. The summed E-state index contributed by atoms with van der Waals surface area (Å²) < 4.78 is 15.9. The van der Waals surface area contributed by atoms with Crippen LogP contribution in [0.3, 0.4) is 0 Å². The van der Waals surface area contributed by atoms with Crippen molar-refractivity contribution in [2.45, 2.75) is 25.4 Å². The molecule has 0 aliphatic carbocycles. The second kappa shape index (κ2) is 6.52. The molecule has 2 heterocycles. The summed E-state index contributed by atoms with van der Waals surface area (Å²) in [7, 11) is 2.18. The van der Waals surface area contributed by atoms with E-state index in [0.29, 0.717) is 12.6 Å². The van der Waals surface area contributed by atoms with Crippen LogP contribution in [-0.2, 0) is 6.54 Å². The van der Waals surface area contributed by atoms with Crippen LogP contribution in [0.1, 0.15) is 12.8 Å². The van der Waals surface area contributed by atoms with Crippen LogP contribution in [0, 0.1) is 3.70 Å². The number of halogens is 2. The highest BCUT2D eigenvalue weighted by Crippen LogP contribution is 2.29. The normalized spacial score (nSPS) is 17.5.